The minimum absolute atomic E-state index is 0.182. The summed E-state index contributed by atoms with van der Waals surface area (Å²) in [4.78, 5) is 23.3. The van der Waals surface area contributed by atoms with Gasteiger partial charge in [-0.2, -0.15) is 0 Å². The molecule has 0 unspecified atom stereocenters. The van der Waals surface area contributed by atoms with Gasteiger partial charge in [-0.3, -0.25) is 4.79 Å². The lowest BCUT2D eigenvalue weighted by Gasteiger charge is -2.26. The smallest absolute Gasteiger partial charge is 0.408 e. The molecule has 19 heavy (non-hydrogen) atoms. The number of esters is 1. The first-order valence-electron chi connectivity index (χ1n) is 6.64. The number of hydrogen-bond acceptors (Lipinski definition) is 4. The number of hydrogen-bond donors (Lipinski definition) is 1. The minimum atomic E-state index is -0.525. The molecule has 1 amide bonds. The second-order valence-electron chi connectivity index (χ2n) is 5.60. The lowest BCUT2D eigenvalue weighted by molar-refractivity contribution is -0.148. The standard InChI is InChI=1S/C14H23NO4/c1-5-18-12(16)10-7-6-8-11(9-10)15-13(17)19-14(2,3)4/h6,8,10-11H,5,7,9H2,1-4H3,(H,15,17)/t10-,11+/m1/s1. The molecule has 0 spiro atoms. The Balaban J connectivity index is 2.47. The van der Waals surface area contributed by atoms with Gasteiger partial charge in [0.2, 0.25) is 0 Å². The number of ether oxygens (including phenoxy) is 2. The lowest BCUT2D eigenvalue weighted by atomic mass is 9.91. The van der Waals surface area contributed by atoms with Gasteiger partial charge in [0.05, 0.1) is 18.6 Å². The molecule has 1 aliphatic carbocycles. The molecule has 0 aromatic heterocycles. The Morgan fingerprint density at radius 1 is 1.37 bits per heavy atom. The first-order valence-corrected chi connectivity index (χ1v) is 6.64. The molecule has 5 nitrogen and oxygen atoms in total. The Kier molecular flexibility index (Phi) is 5.39. The highest BCUT2D eigenvalue weighted by molar-refractivity contribution is 5.73. The molecule has 1 rings (SSSR count). The topological polar surface area (TPSA) is 64.6 Å². The van der Waals surface area contributed by atoms with Crippen LogP contribution in [-0.2, 0) is 14.3 Å². The molecular formula is C14H23NO4. The summed E-state index contributed by atoms with van der Waals surface area (Å²) >= 11 is 0. The highest BCUT2D eigenvalue weighted by Gasteiger charge is 2.27. The van der Waals surface area contributed by atoms with E-state index in [9.17, 15) is 9.59 Å². The fraction of sp³-hybridized carbons (Fsp3) is 0.714. The number of rotatable bonds is 3. The molecule has 0 bridgehead atoms. The van der Waals surface area contributed by atoms with Crippen molar-refractivity contribution in [3.63, 3.8) is 0 Å². The second kappa shape index (κ2) is 6.59. The van der Waals surface area contributed by atoms with Crippen molar-refractivity contribution in [2.24, 2.45) is 5.92 Å². The molecule has 1 aliphatic rings. The molecule has 0 fully saturated rings. The molecule has 5 heteroatoms. The van der Waals surface area contributed by atoms with Gasteiger partial charge in [0.1, 0.15) is 5.60 Å². The van der Waals surface area contributed by atoms with Crippen molar-refractivity contribution in [2.75, 3.05) is 6.61 Å². The van der Waals surface area contributed by atoms with E-state index in [2.05, 4.69) is 5.32 Å². The Hall–Kier alpha value is -1.52. The first-order chi connectivity index (χ1) is 8.81. The predicted octanol–water partition coefficient (Wildman–Crippen LogP) is 2.41. The van der Waals surface area contributed by atoms with E-state index >= 15 is 0 Å². The highest BCUT2D eigenvalue weighted by Crippen LogP contribution is 2.20. The number of carbonyl (C=O) groups is 2. The van der Waals surface area contributed by atoms with Crippen molar-refractivity contribution in [1.82, 2.24) is 5.32 Å². The summed E-state index contributed by atoms with van der Waals surface area (Å²) in [6.07, 6.45) is 4.53. The van der Waals surface area contributed by atoms with E-state index in [0.29, 0.717) is 19.4 Å². The van der Waals surface area contributed by atoms with Crippen LogP contribution in [-0.4, -0.2) is 30.3 Å². The fourth-order valence-corrected chi connectivity index (χ4v) is 1.91. The maximum Gasteiger partial charge on any atom is 0.408 e. The number of allylic oxidation sites excluding steroid dienone is 1. The van der Waals surface area contributed by atoms with Crippen LogP contribution in [0.4, 0.5) is 4.79 Å². The third kappa shape index (κ3) is 5.77. The molecule has 0 aromatic rings. The molecule has 0 aliphatic heterocycles. The van der Waals surface area contributed by atoms with E-state index in [4.69, 9.17) is 9.47 Å². The number of alkyl carbamates (subject to hydrolysis) is 1. The molecule has 0 heterocycles. The van der Waals surface area contributed by atoms with Crippen LogP contribution < -0.4 is 5.32 Å². The van der Waals surface area contributed by atoms with E-state index in [1.807, 2.05) is 32.9 Å². The summed E-state index contributed by atoms with van der Waals surface area (Å²) in [7, 11) is 0. The largest absolute Gasteiger partial charge is 0.466 e. The normalized spacial score (nSPS) is 22.7. The summed E-state index contributed by atoms with van der Waals surface area (Å²) in [6.45, 7) is 7.59. The van der Waals surface area contributed by atoms with Gasteiger partial charge < -0.3 is 14.8 Å². The zero-order chi connectivity index (χ0) is 14.5. The Morgan fingerprint density at radius 2 is 2.05 bits per heavy atom. The second-order valence-corrected chi connectivity index (χ2v) is 5.60. The Morgan fingerprint density at radius 3 is 2.63 bits per heavy atom. The fourth-order valence-electron chi connectivity index (χ4n) is 1.91. The van der Waals surface area contributed by atoms with Gasteiger partial charge in [-0.15, -0.1) is 0 Å². The van der Waals surface area contributed by atoms with Gasteiger partial charge in [-0.1, -0.05) is 12.2 Å². The van der Waals surface area contributed by atoms with Gasteiger partial charge >= 0.3 is 12.1 Å². The van der Waals surface area contributed by atoms with Gasteiger partial charge in [0, 0.05) is 0 Å². The maximum atomic E-state index is 11.7. The number of nitrogens with one attached hydrogen (secondary N) is 1. The van der Waals surface area contributed by atoms with Crippen LogP contribution in [0.5, 0.6) is 0 Å². The van der Waals surface area contributed by atoms with Crippen LogP contribution in [0.15, 0.2) is 12.2 Å². The van der Waals surface area contributed by atoms with E-state index in [1.54, 1.807) is 6.92 Å². The van der Waals surface area contributed by atoms with Gasteiger partial charge in [0.25, 0.3) is 0 Å². The summed E-state index contributed by atoms with van der Waals surface area (Å²) in [5, 5.41) is 2.75. The molecular weight excluding hydrogens is 246 g/mol. The van der Waals surface area contributed by atoms with E-state index in [1.165, 1.54) is 0 Å². The SMILES string of the molecule is CCOC(=O)[C@@H]1CC=C[C@H](NC(=O)OC(C)(C)C)C1. The Labute approximate surface area is 114 Å². The number of carbonyl (C=O) groups excluding carboxylic acids is 2. The van der Waals surface area contributed by atoms with Crippen LogP contribution in [0.1, 0.15) is 40.5 Å². The van der Waals surface area contributed by atoms with Crippen molar-refractivity contribution in [2.45, 2.75) is 52.2 Å². The van der Waals surface area contributed by atoms with E-state index < -0.39 is 11.7 Å². The van der Waals surface area contributed by atoms with Gasteiger partial charge in [-0.05, 0) is 40.5 Å². The monoisotopic (exact) mass is 269 g/mol. The highest BCUT2D eigenvalue weighted by atomic mass is 16.6. The van der Waals surface area contributed by atoms with Crippen molar-refractivity contribution in [1.29, 1.82) is 0 Å². The average molecular weight is 269 g/mol. The number of amides is 1. The molecule has 108 valence electrons. The van der Waals surface area contributed by atoms with Crippen LogP contribution in [0.3, 0.4) is 0 Å². The summed E-state index contributed by atoms with van der Waals surface area (Å²) < 4.78 is 10.2. The van der Waals surface area contributed by atoms with Crippen LogP contribution >= 0.6 is 0 Å². The van der Waals surface area contributed by atoms with Crippen molar-refractivity contribution >= 4 is 12.1 Å². The summed E-state index contributed by atoms with van der Waals surface area (Å²) in [6, 6.07) is -0.182. The molecule has 0 saturated heterocycles. The maximum absolute atomic E-state index is 11.7. The third-order valence-electron chi connectivity index (χ3n) is 2.65. The van der Waals surface area contributed by atoms with Crippen molar-refractivity contribution < 1.29 is 19.1 Å². The first kappa shape index (κ1) is 15.5. The molecule has 2 atom stereocenters. The predicted molar refractivity (Wildman–Crippen MR) is 71.7 cm³/mol. The van der Waals surface area contributed by atoms with Crippen molar-refractivity contribution in [3.05, 3.63) is 12.2 Å². The quantitative estimate of drug-likeness (QED) is 0.631. The Bertz CT molecular complexity index is 357. The zero-order valence-electron chi connectivity index (χ0n) is 12.1. The third-order valence-corrected chi connectivity index (χ3v) is 2.65. The van der Waals surface area contributed by atoms with Crippen molar-refractivity contribution in [3.8, 4) is 0 Å². The molecule has 0 radical (unpaired) electrons. The lowest BCUT2D eigenvalue weighted by Crippen LogP contribution is -2.41. The van der Waals surface area contributed by atoms with Crippen LogP contribution in [0.25, 0.3) is 0 Å². The van der Waals surface area contributed by atoms with E-state index in [-0.39, 0.29) is 17.9 Å². The van der Waals surface area contributed by atoms with Gasteiger partial charge in [-0.25, -0.2) is 4.79 Å². The average Bonchev–Trinajstić information content (AvgIpc) is 2.27. The van der Waals surface area contributed by atoms with E-state index in [0.717, 1.165) is 0 Å². The zero-order valence-corrected chi connectivity index (χ0v) is 12.1. The summed E-state index contributed by atoms with van der Waals surface area (Å²) in [5.74, 6) is -0.396. The van der Waals surface area contributed by atoms with Gasteiger partial charge in [0.15, 0.2) is 0 Å². The molecule has 1 N–H and O–H groups in total. The molecule has 0 aromatic carbocycles. The minimum Gasteiger partial charge on any atom is -0.466 e. The molecule has 0 saturated carbocycles. The van der Waals surface area contributed by atoms with Crippen LogP contribution in [0, 0.1) is 5.92 Å². The summed E-state index contributed by atoms with van der Waals surface area (Å²) in [5.41, 5.74) is -0.525. The van der Waals surface area contributed by atoms with Crippen LogP contribution in [0.2, 0.25) is 0 Å².